The first-order valence-corrected chi connectivity index (χ1v) is 14.8. The topological polar surface area (TPSA) is 126 Å². The lowest BCUT2D eigenvalue weighted by Crippen LogP contribution is -2.43. The summed E-state index contributed by atoms with van der Waals surface area (Å²) in [6.07, 6.45) is 1.95. The maximum Gasteiger partial charge on any atom is 0.232 e. The minimum Gasteiger partial charge on any atom is -0.369 e. The van der Waals surface area contributed by atoms with Crippen molar-refractivity contribution in [3.8, 4) is 32.4 Å². The molecule has 9 nitrogen and oxygen atoms in total. The summed E-state index contributed by atoms with van der Waals surface area (Å²) in [6.45, 7) is 5.53. The van der Waals surface area contributed by atoms with Gasteiger partial charge in [0.05, 0.1) is 27.7 Å². The van der Waals surface area contributed by atoms with E-state index in [2.05, 4.69) is 37.0 Å². The molecule has 0 aliphatic carbocycles. The van der Waals surface area contributed by atoms with Gasteiger partial charge < -0.3 is 16.0 Å². The SMILES string of the molecule is CCCS(=O)(=O)Nc1cccc(-c2nc(-c3ccc(N4CCNCC4)cc3)sc2-c2ccnc(N)n2)c1F.Cl. The van der Waals surface area contributed by atoms with Gasteiger partial charge in [-0.3, -0.25) is 4.72 Å². The van der Waals surface area contributed by atoms with Crippen LogP contribution in [0.15, 0.2) is 54.7 Å². The molecule has 1 aliphatic rings. The van der Waals surface area contributed by atoms with Crippen LogP contribution < -0.4 is 20.7 Å². The van der Waals surface area contributed by atoms with Crippen LogP contribution in [0.3, 0.4) is 0 Å². The molecule has 1 aliphatic heterocycles. The fraction of sp³-hybridized carbons (Fsp3) is 0.269. The second-order valence-electron chi connectivity index (χ2n) is 8.87. The summed E-state index contributed by atoms with van der Waals surface area (Å²) in [5, 5.41) is 4.03. The number of aromatic nitrogens is 3. The van der Waals surface area contributed by atoms with Gasteiger partial charge >= 0.3 is 0 Å². The average molecular weight is 590 g/mol. The summed E-state index contributed by atoms with van der Waals surface area (Å²) in [5.74, 6) is -0.723. The molecule has 0 bridgehead atoms. The molecular weight excluding hydrogens is 561 g/mol. The van der Waals surface area contributed by atoms with E-state index < -0.39 is 15.8 Å². The molecule has 0 radical (unpaired) electrons. The number of hydrogen-bond acceptors (Lipinski definition) is 9. The highest BCUT2D eigenvalue weighted by molar-refractivity contribution is 7.92. The molecule has 0 atom stereocenters. The summed E-state index contributed by atoms with van der Waals surface area (Å²) in [6, 6.07) is 14.4. The van der Waals surface area contributed by atoms with E-state index in [-0.39, 0.29) is 35.4 Å². The number of nitrogens with one attached hydrogen (secondary N) is 2. The molecule has 2 aromatic heterocycles. The van der Waals surface area contributed by atoms with Crippen molar-refractivity contribution in [1.29, 1.82) is 0 Å². The molecule has 5 rings (SSSR count). The predicted molar refractivity (Wildman–Crippen MR) is 158 cm³/mol. The summed E-state index contributed by atoms with van der Waals surface area (Å²) in [7, 11) is -3.68. The van der Waals surface area contributed by atoms with Crippen LogP contribution in [0.25, 0.3) is 32.4 Å². The van der Waals surface area contributed by atoms with Crippen molar-refractivity contribution in [3.05, 3.63) is 60.5 Å². The molecule has 0 saturated carbocycles. The van der Waals surface area contributed by atoms with Crippen LogP contribution in [0.4, 0.5) is 21.7 Å². The number of nitrogen functional groups attached to an aromatic ring is 1. The Morgan fingerprint density at radius 2 is 1.85 bits per heavy atom. The number of nitrogens with two attached hydrogens (primary N) is 1. The summed E-state index contributed by atoms with van der Waals surface area (Å²) < 4.78 is 42.8. The van der Waals surface area contributed by atoms with E-state index in [9.17, 15) is 8.42 Å². The summed E-state index contributed by atoms with van der Waals surface area (Å²) in [4.78, 5) is 16.0. The lowest BCUT2D eigenvalue weighted by Gasteiger charge is -2.29. The largest absolute Gasteiger partial charge is 0.369 e. The summed E-state index contributed by atoms with van der Waals surface area (Å²) >= 11 is 1.36. The van der Waals surface area contributed by atoms with E-state index in [0.29, 0.717) is 27.7 Å². The first-order valence-electron chi connectivity index (χ1n) is 12.3. The third-order valence-electron chi connectivity index (χ3n) is 6.12. The Kier molecular flexibility index (Phi) is 9.01. The van der Waals surface area contributed by atoms with Crippen molar-refractivity contribution in [1.82, 2.24) is 20.3 Å². The van der Waals surface area contributed by atoms with Crippen LogP contribution >= 0.6 is 23.7 Å². The molecule has 4 N–H and O–H groups in total. The van der Waals surface area contributed by atoms with Gasteiger partial charge in [0, 0.05) is 49.2 Å². The standard InChI is InChI=1S/C26H28FN7O2S2.ClH/c1-2-16-38(35,36)33-20-5-3-4-19(22(20)27)23-24(21-10-11-30-26(28)31-21)37-25(32-23)17-6-8-18(9-7-17)34-14-12-29-13-15-34;/h3-11,29,33H,2,12-16H2,1H3,(H2,28,30,31);1H. The highest BCUT2D eigenvalue weighted by Crippen LogP contribution is 2.42. The third-order valence-corrected chi connectivity index (χ3v) is 8.73. The van der Waals surface area contributed by atoms with Crippen LogP contribution in [0, 0.1) is 5.82 Å². The number of nitrogens with zero attached hydrogens (tertiary/aromatic N) is 4. The van der Waals surface area contributed by atoms with Gasteiger partial charge in [0.2, 0.25) is 16.0 Å². The summed E-state index contributed by atoms with van der Waals surface area (Å²) in [5.41, 5.74) is 8.75. The minimum absolute atomic E-state index is 0. The lowest BCUT2D eigenvalue weighted by molar-refractivity contribution is 0.589. The maximum atomic E-state index is 15.7. The van der Waals surface area contributed by atoms with E-state index in [1.807, 2.05) is 12.1 Å². The van der Waals surface area contributed by atoms with Gasteiger partial charge in [0.15, 0.2) is 5.82 Å². The quantitative estimate of drug-likeness (QED) is 0.271. The zero-order chi connectivity index (χ0) is 26.7. The predicted octanol–water partition coefficient (Wildman–Crippen LogP) is 4.64. The number of halogens is 2. The number of sulfonamides is 1. The number of thiazole rings is 1. The van der Waals surface area contributed by atoms with E-state index in [1.54, 1.807) is 25.1 Å². The molecule has 3 heterocycles. The molecule has 2 aromatic carbocycles. The Hall–Kier alpha value is -3.32. The van der Waals surface area contributed by atoms with Gasteiger partial charge in [-0.2, -0.15) is 0 Å². The van der Waals surface area contributed by atoms with Crippen molar-refractivity contribution < 1.29 is 12.8 Å². The Bertz CT molecular complexity index is 1540. The number of rotatable bonds is 8. The monoisotopic (exact) mass is 589 g/mol. The molecule has 39 heavy (non-hydrogen) atoms. The van der Waals surface area contributed by atoms with Gasteiger partial charge in [0.25, 0.3) is 0 Å². The number of anilines is 3. The second kappa shape index (κ2) is 12.2. The van der Waals surface area contributed by atoms with E-state index >= 15 is 4.39 Å². The zero-order valence-corrected chi connectivity index (χ0v) is 23.7. The molecule has 1 saturated heterocycles. The Labute approximate surface area is 237 Å². The minimum atomic E-state index is -3.68. The molecule has 1 fully saturated rings. The van der Waals surface area contributed by atoms with Gasteiger partial charge in [-0.1, -0.05) is 13.0 Å². The normalized spacial score (nSPS) is 13.6. The van der Waals surface area contributed by atoms with Crippen molar-refractivity contribution in [2.24, 2.45) is 0 Å². The van der Waals surface area contributed by atoms with E-state index in [0.717, 1.165) is 37.4 Å². The molecule has 0 amide bonds. The molecule has 0 spiro atoms. The first kappa shape index (κ1) is 28.7. The highest BCUT2D eigenvalue weighted by atomic mass is 35.5. The van der Waals surface area contributed by atoms with Crippen LogP contribution in [0.5, 0.6) is 0 Å². The van der Waals surface area contributed by atoms with Crippen molar-refractivity contribution in [2.45, 2.75) is 13.3 Å². The molecule has 206 valence electrons. The number of hydrogen-bond donors (Lipinski definition) is 3. The number of piperazine rings is 1. The van der Waals surface area contributed by atoms with E-state index in [4.69, 9.17) is 10.7 Å². The van der Waals surface area contributed by atoms with Gasteiger partial charge in [-0.15, -0.1) is 23.7 Å². The maximum absolute atomic E-state index is 15.7. The van der Waals surface area contributed by atoms with Crippen LogP contribution in [-0.2, 0) is 10.0 Å². The van der Waals surface area contributed by atoms with Crippen molar-refractivity contribution in [2.75, 3.05) is 47.3 Å². The first-order chi connectivity index (χ1) is 18.3. The fourth-order valence-electron chi connectivity index (χ4n) is 4.32. The van der Waals surface area contributed by atoms with Crippen LogP contribution in [0.1, 0.15) is 13.3 Å². The highest BCUT2D eigenvalue weighted by Gasteiger charge is 2.23. The lowest BCUT2D eigenvalue weighted by atomic mass is 10.1. The third kappa shape index (κ3) is 6.47. The molecule has 0 unspecified atom stereocenters. The Morgan fingerprint density at radius 3 is 2.54 bits per heavy atom. The second-order valence-corrected chi connectivity index (χ2v) is 11.7. The zero-order valence-electron chi connectivity index (χ0n) is 21.2. The number of benzene rings is 2. The Morgan fingerprint density at radius 1 is 1.10 bits per heavy atom. The molecular formula is C26H29ClFN7O2S2. The van der Waals surface area contributed by atoms with Crippen LogP contribution in [0.2, 0.25) is 0 Å². The Balaban J connectivity index is 0.00000353. The molecule has 4 aromatic rings. The van der Waals surface area contributed by atoms with Gasteiger partial charge in [-0.25, -0.2) is 27.8 Å². The fourth-order valence-corrected chi connectivity index (χ4v) is 6.51. The average Bonchev–Trinajstić information content (AvgIpc) is 3.36. The van der Waals surface area contributed by atoms with Crippen molar-refractivity contribution in [3.63, 3.8) is 0 Å². The van der Waals surface area contributed by atoms with Crippen LogP contribution in [-0.4, -0.2) is 55.3 Å². The van der Waals surface area contributed by atoms with Gasteiger partial charge in [-0.05, 0) is 48.9 Å². The smallest absolute Gasteiger partial charge is 0.232 e. The van der Waals surface area contributed by atoms with E-state index in [1.165, 1.54) is 23.6 Å². The molecule has 13 heteroatoms. The van der Waals surface area contributed by atoms with Gasteiger partial charge in [0.1, 0.15) is 5.01 Å². The van der Waals surface area contributed by atoms with Crippen molar-refractivity contribution >= 4 is 51.1 Å².